The first-order valence-electron chi connectivity index (χ1n) is 14.3. The molecule has 3 aromatic carbocycles. The van der Waals surface area contributed by atoms with Crippen LogP contribution in [0.3, 0.4) is 0 Å². The molecule has 41 heavy (non-hydrogen) atoms. The molecule has 0 aromatic heterocycles. The first kappa shape index (κ1) is 31.8. The van der Waals surface area contributed by atoms with Crippen molar-refractivity contribution in [3.63, 3.8) is 0 Å². The van der Waals surface area contributed by atoms with Crippen molar-refractivity contribution >= 4 is 17.7 Å². The van der Waals surface area contributed by atoms with E-state index in [1.54, 1.807) is 20.8 Å². The van der Waals surface area contributed by atoms with Gasteiger partial charge in [-0.25, -0.2) is 0 Å². The van der Waals surface area contributed by atoms with Gasteiger partial charge in [-0.3, -0.25) is 19.3 Å². The highest BCUT2D eigenvalue weighted by Crippen LogP contribution is 2.29. The monoisotopic (exact) mass is 557 g/mol. The van der Waals surface area contributed by atoms with E-state index in [0.717, 1.165) is 23.1 Å². The van der Waals surface area contributed by atoms with Gasteiger partial charge in [-0.05, 0) is 50.3 Å². The number of carbonyl (C=O) groups is 3. The van der Waals surface area contributed by atoms with Gasteiger partial charge < -0.3 is 9.47 Å². The predicted octanol–water partition coefficient (Wildman–Crippen LogP) is 6.42. The maximum atomic E-state index is 14.7. The van der Waals surface area contributed by atoms with E-state index in [4.69, 9.17) is 9.47 Å². The number of benzene rings is 3. The van der Waals surface area contributed by atoms with Crippen molar-refractivity contribution in [3.8, 4) is 0 Å². The minimum Gasteiger partial charge on any atom is -0.469 e. The van der Waals surface area contributed by atoms with Gasteiger partial charge in [0.2, 0.25) is 0 Å². The summed E-state index contributed by atoms with van der Waals surface area (Å²) in [4.78, 5) is 43.9. The highest BCUT2D eigenvalue weighted by molar-refractivity contribution is 6.05. The van der Waals surface area contributed by atoms with Crippen molar-refractivity contribution < 1.29 is 23.9 Å². The Morgan fingerprint density at radius 2 is 1.20 bits per heavy atom. The standard InChI is InChI=1S/C35H43NO5/c1-6-16-30(36(24-27-19-12-8-13-20-27)25-28-21-14-9-15-22-28)32(37)31(34(39)41-35(2,3)4)29(33(38)40-5)23-26-17-10-7-11-18-26/h7-15,17-22,29-31H,6,16,23-25H2,1-5H3/t29-,30-,31?/m0/s1. The second-order valence-corrected chi connectivity index (χ2v) is 11.4. The molecule has 0 amide bonds. The lowest BCUT2D eigenvalue weighted by molar-refractivity contribution is -0.171. The summed E-state index contributed by atoms with van der Waals surface area (Å²) >= 11 is 0. The normalized spacial score (nSPS) is 13.7. The molecule has 0 spiro atoms. The molecule has 1 unspecified atom stereocenters. The number of Topliss-reactive ketones (excluding diaryl/α,β-unsaturated/α-hetero) is 1. The number of esters is 2. The number of hydrogen-bond acceptors (Lipinski definition) is 6. The average molecular weight is 558 g/mol. The Morgan fingerprint density at radius 3 is 1.61 bits per heavy atom. The largest absolute Gasteiger partial charge is 0.469 e. The summed E-state index contributed by atoms with van der Waals surface area (Å²) in [7, 11) is 1.29. The lowest BCUT2D eigenvalue weighted by Gasteiger charge is -2.35. The third-order valence-corrected chi connectivity index (χ3v) is 6.96. The van der Waals surface area contributed by atoms with E-state index < -0.39 is 35.4 Å². The molecule has 0 radical (unpaired) electrons. The smallest absolute Gasteiger partial charge is 0.317 e. The van der Waals surface area contributed by atoms with Crippen LogP contribution in [0, 0.1) is 11.8 Å². The lowest BCUT2D eigenvalue weighted by atomic mass is 9.80. The molecule has 0 aliphatic heterocycles. The van der Waals surface area contributed by atoms with Crippen molar-refractivity contribution in [2.24, 2.45) is 11.8 Å². The number of nitrogens with zero attached hydrogens (tertiary/aromatic N) is 1. The van der Waals surface area contributed by atoms with Gasteiger partial charge in [0.1, 0.15) is 11.5 Å². The van der Waals surface area contributed by atoms with Crippen LogP contribution in [0.2, 0.25) is 0 Å². The second kappa shape index (κ2) is 15.3. The molecule has 3 rings (SSSR count). The molecule has 0 fully saturated rings. The summed E-state index contributed by atoms with van der Waals surface area (Å²) in [6.07, 6.45) is 1.43. The van der Waals surface area contributed by atoms with Gasteiger partial charge in [-0.2, -0.15) is 0 Å². The van der Waals surface area contributed by atoms with Gasteiger partial charge in [0.25, 0.3) is 0 Å². The Morgan fingerprint density at radius 1 is 0.732 bits per heavy atom. The van der Waals surface area contributed by atoms with E-state index in [0.29, 0.717) is 19.5 Å². The Kier molecular flexibility index (Phi) is 11.8. The minimum absolute atomic E-state index is 0.180. The first-order valence-corrected chi connectivity index (χ1v) is 14.3. The topological polar surface area (TPSA) is 72.9 Å². The zero-order chi connectivity index (χ0) is 29.8. The Hall–Kier alpha value is -3.77. The molecule has 6 heteroatoms. The Bertz CT molecular complexity index is 1200. The van der Waals surface area contributed by atoms with Gasteiger partial charge in [-0.15, -0.1) is 0 Å². The Labute approximate surface area is 244 Å². The van der Waals surface area contributed by atoms with Gasteiger partial charge in [0.15, 0.2) is 5.78 Å². The maximum Gasteiger partial charge on any atom is 0.317 e. The highest BCUT2D eigenvalue weighted by atomic mass is 16.6. The number of ketones is 1. The van der Waals surface area contributed by atoms with Crippen molar-refractivity contribution in [2.45, 2.75) is 71.7 Å². The fourth-order valence-corrected chi connectivity index (χ4v) is 5.10. The molecule has 0 heterocycles. The summed E-state index contributed by atoms with van der Waals surface area (Å²) < 4.78 is 11.0. The predicted molar refractivity (Wildman–Crippen MR) is 161 cm³/mol. The summed E-state index contributed by atoms with van der Waals surface area (Å²) in [6, 6.07) is 28.7. The van der Waals surface area contributed by atoms with E-state index in [-0.39, 0.29) is 12.2 Å². The van der Waals surface area contributed by atoms with Crippen LogP contribution in [0.4, 0.5) is 0 Å². The summed E-state index contributed by atoms with van der Waals surface area (Å²) in [6.45, 7) is 8.32. The van der Waals surface area contributed by atoms with E-state index in [1.165, 1.54) is 7.11 Å². The molecule has 0 saturated heterocycles. The van der Waals surface area contributed by atoms with Crippen LogP contribution >= 0.6 is 0 Å². The number of ether oxygens (including phenoxy) is 2. The molecule has 0 bridgehead atoms. The summed E-state index contributed by atoms with van der Waals surface area (Å²) in [5, 5.41) is 0. The SMILES string of the molecule is CCC[C@@H](C(=O)C(C(=O)OC(C)(C)C)[C@H](Cc1ccccc1)C(=O)OC)N(Cc1ccccc1)Cc1ccccc1. The minimum atomic E-state index is -1.33. The molecular weight excluding hydrogens is 514 g/mol. The van der Waals surface area contributed by atoms with Gasteiger partial charge in [-0.1, -0.05) is 104 Å². The number of rotatable bonds is 14. The number of methoxy groups -OCH3 is 1. The van der Waals surface area contributed by atoms with Gasteiger partial charge >= 0.3 is 11.9 Å². The summed E-state index contributed by atoms with van der Waals surface area (Å²) in [5.74, 6) is -3.98. The lowest BCUT2D eigenvalue weighted by Crippen LogP contribution is -2.50. The van der Waals surface area contributed by atoms with E-state index >= 15 is 0 Å². The molecule has 6 nitrogen and oxygen atoms in total. The number of hydrogen-bond donors (Lipinski definition) is 0. The van der Waals surface area contributed by atoms with Crippen LogP contribution in [0.5, 0.6) is 0 Å². The zero-order valence-corrected chi connectivity index (χ0v) is 24.9. The average Bonchev–Trinajstić information content (AvgIpc) is 2.95. The molecule has 0 N–H and O–H groups in total. The van der Waals surface area contributed by atoms with E-state index in [2.05, 4.69) is 4.90 Å². The fourth-order valence-electron chi connectivity index (χ4n) is 5.10. The van der Waals surface area contributed by atoms with Crippen LogP contribution < -0.4 is 0 Å². The quantitative estimate of drug-likeness (QED) is 0.168. The van der Waals surface area contributed by atoms with Crippen molar-refractivity contribution in [1.82, 2.24) is 4.90 Å². The molecule has 0 saturated carbocycles. The molecule has 0 aliphatic carbocycles. The van der Waals surface area contributed by atoms with Gasteiger partial charge in [0.05, 0.1) is 19.1 Å². The van der Waals surface area contributed by atoms with Crippen LogP contribution in [0.15, 0.2) is 91.0 Å². The summed E-state index contributed by atoms with van der Waals surface area (Å²) in [5.41, 5.74) is 2.11. The molecule has 3 aromatic rings. The molecule has 218 valence electrons. The first-order chi connectivity index (χ1) is 19.6. The van der Waals surface area contributed by atoms with Crippen LogP contribution in [0.1, 0.15) is 57.2 Å². The maximum absolute atomic E-state index is 14.7. The van der Waals surface area contributed by atoms with Crippen LogP contribution in [-0.2, 0) is 43.4 Å². The van der Waals surface area contributed by atoms with Crippen molar-refractivity contribution in [2.75, 3.05) is 7.11 Å². The van der Waals surface area contributed by atoms with E-state index in [9.17, 15) is 14.4 Å². The van der Waals surface area contributed by atoms with Crippen LogP contribution in [0.25, 0.3) is 0 Å². The fraction of sp³-hybridized carbons (Fsp3) is 0.400. The molecular formula is C35H43NO5. The van der Waals surface area contributed by atoms with Crippen molar-refractivity contribution in [1.29, 1.82) is 0 Å². The second-order valence-electron chi connectivity index (χ2n) is 11.4. The Balaban J connectivity index is 2.09. The zero-order valence-electron chi connectivity index (χ0n) is 24.9. The third-order valence-electron chi connectivity index (χ3n) is 6.96. The highest BCUT2D eigenvalue weighted by Gasteiger charge is 2.45. The van der Waals surface area contributed by atoms with Crippen molar-refractivity contribution in [3.05, 3.63) is 108 Å². The number of carbonyl (C=O) groups excluding carboxylic acids is 3. The molecule has 0 aliphatic rings. The third kappa shape index (κ3) is 9.68. The van der Waals surface area contributed by atoms with E-state index in [1.807, 2.05) is 97.9 Å². The van der Waals surface area contributed by atoms with Crippen LogP contribution in [-0.4, -0.2) is 41.4 Å². The molecule has 3 atom stereocenters. The van der Waals surface area contributed by atoms with Gasteiger partial charge in [0, 0.05) is 13.1 Å².